The molecule has 0 N–H and O–H groups in total. The van der Waals surface area contributed by atoms with Crippen LogP contribution in [-0.2, 0) is 4.74 Å². The second-order valence-corrected chi connectivity index (χ2v) is 23.1. The summed E-state index contributed by atoms with van der Waals surface area (Å²) in [7, 11) is -1.42. The first-order valence-corrected chi connectivity index (χ1v) is 18.7. The molecule has 21 heavy (non-hydrogen) atoms. The second kappa shape index (κ2) is 7.02. The number of nitrogens with zero attached hydrogens (tertiary/aromatic N) is 1. The van der Waals surface area contributed by atoms with Gasteiger partial charge in [0.2, 0.25) is 0 Å². The van der Waals surface area contributed by atoms with E-state index in [9.17, 15) is 0 Å². The molecule has 0 spiro atoms. The maximum absolute atomic E-state index is 6.27. The van der Waals surface area contributed by atoms with Gasteiger partial charge in [0.25, 0.3) is 0 Å². The van der Waals surface area contributed by atoms with E-state index in [0.29, 0.717) is 0 Å². The van der Waals surface area contributed by atoms with Crippen molar-refractivity contribution in [2.24, 2.45) is 0 Å². The molecule has 2 rings (SSSR count). The maximum atomic E-state index is 6.27. The fourth-order valence-electron chi connectivity index (χ4n) is 2.80. The molecule has 5 heteroatoms. The summed E-state index contributed by atoms with van der Waals surface area (Å²) in [6.07, 6.45) is 1.28. The molecule has 1 aromatic heterocycles. The summed E-state index contributed by atoms with van der Waals surface area (Å²) < 4.78 is 13.0. The van der Waals surface area contributed by atoms with Crippen LogP contribution in [0, 0.1) is 0 Å². The molecule has 1 aliphatic rings. The summed E-state index contributed by atoms with van der Waals surface area (Å²) >= 11 is -1.81. The van der Waals surface area contributed by atoms with Crippen LogP contribution >= 0.6 is 0 Å². The number of morpholine rings is 1. The molecule has 2 heterocycles. The van der Waals surface area contributed by atoms with Gasteiger partial charge in [0.15, 0.2) is 0 Å². The summed E-state index contributed by atoms with van der Waals surface area (Å²) in [5, 5.41) is 1.31. The molecule has 0 aromatic carbocycles. The summed E-state index contributed by atoms with van der Waals surface area (Å²) in [6, 6.07) is 5.84. The minimum atomic E-state index is -1.81. The van der Waals surface area contributed by atoms with E-state index in [1.54, 1.807) is 0 Å². The topological polar surface area (TPSA) is 25.6 Å². The van der Waals surface area contributed by atoms with Gasteiger partial charge >= 0.3 is 133 Å². The molecule has 120 valence electrons. The zero-order valence-corrected chi connectivity index (χ0v) is 17.5. The Kier molecular flexibility index (Phi) is 5.79. The Morgan fingerprint density at radius 3 is 2.38 bits per heavy atom. The Bertz CT molecular complexity index is 447. The van der Waals surface area contributed by atoms with E-state index < -0.39 is 21.3 Å². The van der Waals surface area contributed by atoms with Gasteiger partial charge in [0.05, 0.1) is 0 Å². The average Bonchev–Trinajstić information content (AvgIpc) is 2.90. The predicted octanol–water partition coefficient (Wildman–Crippen LogP) is 2.46. The van der Waals surface area contributed by atoms with Gasteiger partial charge in [-0.25, -0.2) is 0 Å². The molecule has 0 atom stereocenters. The molecule has 1 aromatic rings. The van der Waals surface area contributed by atoms with Crippen LogP contribution in [0.1, 0.15) is 6.42 Å². The van der Waals surface area contributed by atoms with Gasteiger partial charge in [0, 0.05) is 0 Å². The standard InChI is InChI=1S/C16H31GeNO2Si/c1-17(2,3)15-7-8-16(20-15)21(4,5)14-6-9-18-10-12-19-13-11-18/h7-8H,6,9-14H2,1-5H3. The first-order valence-electron chi connectivity index (χ1n) is 8.20. The van der Waals surface area contributed by atoms with E-state index in [1.807, 2.05) is 0 Å². The first kappa shape index (κ1) is 17.3. The van der Waals surface area contributed by atoms with Crippen LogP contribution in [0.4, 0.5) is 0 Å². The molecule has 1 saturated heterocycles. The van der Waals surface area contributed by atoms with Crippen molar-refractivity contribution in [1.82, 2.24) is 4.90 Å². The Hall–Kier alpha value is -0.0403. The van der Waals surface area contributed by atoms with Gasteiger partial charge in [-0.1, -0.05) is 0 Å². The van der Waals surface area contributed by atoms with Crippen LogP contribution in [-0.4, -0.2) is 59.1 Å². The second-order valence-electron chi connectivity index (χ2n) is 7.86. The molecule has 0 saturated carbocycles. The van der Waals surface area contributed by atoms with Crippen molar-refractivity contribution in [2.75, 3.05) is 32.8 Å². The third-order valence-corrected chi connectivity index (χ3v) is 11.3. The fourth-order valence-corrected chi connectivity index (χ4v) is 7.32. The van der Waals surface area contributed by atoms with Crippen LogP contribution < -0.4 is 9.98 Å². The SMILES string of the molecule is C[Si](C)(CCCN1CCOCC1)c1cc[c]([Ge]([CH3])([CH3])[CH3])o1. The number of ether oxygens (including phenoxy) is 1. The quantitative estimate of drug-likeness (QED) is 0.720. The van der Waals surface area contributed by atoms with Crippen molar-refractivity contribution in [3.63, 3.8) is 0 Å². The number of hydrogen-bond acceptors (Lipinski definition) is 3. The van der Waals surface area contributed by atoms with Crippen molar-refractivity contribution >= 4 is 31.3 Å². The molecular weight excluding hydrogens is 339 g/mol. The average molecular weight is 370 g/mol. The molecular formula is C16H31GeNO2Si. The van der Waals surface area contributed by atoms with Crippen LogP contribution in [0.25, 0.3) is 0 Å². The van der Waals surface area contributed by atoms with Gasteiger partial charge in [0.1, 0.15) is 0 Å². The molecule has 0 radical (unpaired) electrons. The number of furan rings is 1. The number of hydrogen-bond donors (Lipinski definition) is 0. The van der Waals surface area contributed by atoms with Gasteiger partial charge in [-0.3, -0.25) is 0 Å². The van der Waals surface area contributed by atoms with Gasteiger partial charge < -0.3 is 0 Å². The van der Waals surface area contributed by atoms with Crippen molar-refractivity contribution in [2.45, 2.75) is 42.8 Å². The van der Waals surface area contributed by atoms with E-state index in [2.05, 4.69) is 47.4 Å². The monoisotopic (exact) mass is 371 g/mol. The Balaban J connectivity index is 1.87. The summed E-state index contributed by atoms with van der Waals surface area (Å²) in [5.74, 6) is 7.20. The summed E-state index contributed by atoms with van der Waals surface area (Å²) in [4.78, 5) is 2.53. The van der Waals surface area contributed by atoms with Gasteiger partial charge in [-0.05, 0) is 0 Å². The van der Waals surface area contributed by atoms with E-state index in [0.717, 1.165) is 26.3 Å². The van der Waals surface area contributed by atoms with Gasteiger partial charge in [-0.2, -0.15) is 0 Å². The molecule has 0 bridgehead atoms. The van der Waals surface area contributed by atoms with E-state index in [4.69, 9.17) is 9.15 Å². The zero-order chi connectivity index (χ0) is 15.5. The van der Waals surface area contributed by atoms with Crippen molar-refractivity contribution in [1.29, 1.82) is 0 Å². The fraction of sp³-hybridized carbons (Fsp3) is 0.750. The van der Waals surface area contributed by atoms with Crippen LogP contribution in [0.5, 0.6) is 0 Å². The first-order chi connectivity index (χ1) is 9.79. The van der Waals surface area contributed by atoms with Crippen LogP contribution in [0.3, 0.4) is 0 Å². The third-order valence-electron chi connectivity index (χ3n) is 4.39. The Morgan fingerprint density at radius 2 is 1.81 bits per heavy atom. The number of rotatable bonds is 6. The summed E-state index contributed by atoms with van der Waals surface area (Å²) in [6.45, 7) is 10.1. The van der Waals surface area contributed by atoms with E-state index >= 15 is 0 Å². The van der Waals surface area contributed by atoms with Crippen molar-refractivity contribution in [3.8, 4) is 0 Å². The molecule has 0 unspecified atom stereocenters. The van der Waals surface area contributed by atoms with Crippen molar-refractivity contribution < 1.29 is 9.15 Å². The van der Waals surface area contributed by atoms with Crippen molar-refractivity contribution in [3.05, 3.63) is 12.1 Å². The molecule has 1 aliphatic heterocycles. The predicted molar refractivity (Wildman–Crippen MR) is 95.5 cm³/mol. The van der Waals surface area contributed by atoms with E-state index in [1.165, 1.54) is 29.0 Å². The molecule has 3 nitrogen and oxygen atoms in total. The van der Waals surface area contributed by atoms with Gasteiger partial charge in [-0.15, -0.1) is 0 Å². The minimum absolute atomic E-state index is 0.903. The zero-order valence-electron chi connectivity index (χ0n) is 14.4. The van der Waals surface area contributed by atoms with Crippen LogP contribution in [0.2, 0.25) is 36.4 Å². The van der Waals surface area contributed by atoms with Crippen LogP contribution in [0.15, 0.2) is 16.5 Å². The Labute approximate surface area is 133 Å². The molecule has 0 amide bonds. The normalized spacial score (nSPS) is 18.1. The van der Waals surface area contributed by atoms with E-state index in [-0.39, 0.29) is 0 Å². The summed E-state index contributed by atoms with van der Waals surface area (Å²) in [5.41, 5.74) is 0. The Morgan fingerprint density at radius 1 is 1.14 bits per heavy atom. The molecule has 1 fully saturated rings. The molecule has 0 aliphatic carbocycles. The third kappa shape index (κ3) is 4.98.